The van der Waals surface area contributed by atoms with Crippen LogP contribution in [-0.2, 0) is 6.54 Å². The number of aryl methyl sites for hydroxylation is 1. The largest absolute Gasteiger partial charge is 0.384 e. The zero-order chi connectivity index (χ0) is 9.84. The molecule has 0 bridgehead atoms. The van der Waals surface area contributed by atoms with E-state index in [4.69, 9.17) is 5.73 Å². The van der Waals surface area contributed by atoms with E-state index >= 15 is 0 Å². The van der Waals surface area contributed by atoms with Crippen molar-refractivity contribution in [2.75, 3.05) is 5.73 Å². The lowest BCUT2D eigenvalue weighted by Crippen LogP contribution is -2.22. The summed E-state index contributed by atoms with van der Waals surface area (Å²) in [4.78, 5) is 4.11. The van der Waals surface area contributed by atoms with E-state index in [2.05, 4.69) is 24.1 Å². The van der Waals surface area contributed by atoms with Crippen molar-refractivity contribution in [2.45, 2.75) is 33.4 Å². The topological polar surface area (TPSA) is 50.9 Å². The van der Waals surface area contributed by atoms with Crippen LogP contribution in [0.4, 0.5) is 5.82 Å². The maximum Gasteiger partial charge on any atom is 0.123 e. The predicted molar refractivity (Wildman–Crippen MR) is 55.4 cm³/mol. The Kier molecular flexibility index (Phi) is 3.25. The number of hydrogen-bond acceptors (Lipinski definition) is 3. The van der Waals surface area contributed by atoms with Gasteiger partial charge in [-0.05, 0) is 24.6 Å². The molecule has 0 saturated heterocycles. The molecule has 3 nitrogen and oxygen atoms in total. The Bertz CT molecular complexity index is 261. The van der Waals surface area contributed by atoms with Crippen molar-refractivity contribution in [1.29, 1.82) is 0 Å². The predicted octanol–water partition coefficient (Wildman–Crippen LogP) is 1.47. The molecule has 0 aromatic carbocycles. The van der Waals surface area contributed by atoms with E-state index in [0.717, 1.165) is 12.2 Å². The van der Waals surface area contributed by atoms with Crippen LogP contribution in [0.1, 0.15) is 25.1 Å². The van der Waals surface area contributed by atoms with Gasteiger partial charge in [0.05, 0.1) is 0 Å². The number of aromatic nitrogens is 1. The first-order chi connectivity index (χ1) is 6.08. The van der Waals surface area contributed by atoms with Crippen LogP contribution in [0.5, 0.6) is 0 Å². The molecule has 0 saturated carbocycles. The van der Waals surface area contributed by atoms with Gasteiger partial charge >= 0.3 is 0 Å². The summed E-state index contributed by atoms with van der Waals surface area (Å²) in [5.74, 6) is 0.598. The van der Waals surface area contributed by atoms with Crippen molar-refractivity contribution in [2.24, 2.45) is 0 Å². The highest BCUT2D eigenvalue weighted by atomic mass is 14.9. The van der Waals surface area contributed by atoms with Crippen LogP contribution in [0.3, 0.4) is 0 Å². The van der Waals surface area contributed by atoms with Crippen LogP contribution in [0.2, 0.25) is 0 Å². The number of nitrogens with two attached hydrogens (primary N) is 1. The summed E-state index contributed by atoms with van der Waals surface area (Å²) in [6.45, 7) is 7.05. The Balaban J connectivity index is 2.66. The molecular formula is C10H17N3. The number of nitrogens with zero attached hydrogens (tertiary/aromatic N) is 1. The van der Waals surface area contributed by atoms with Gasteiger partial charge in [-0.25, -0.2) is 4.98 Å². The summed E-state index contributed by atoms with van der Waals surface area (Å²) in [5, 5.41) is 3.33. The van der Waals surface area contributed by atoms with E-state index in [1.165, 1.54) is 5.56 Å². The van der Waals surface area contributed by atoms with Crippen molar-refractivity contribution < 1.29 is 0 Å². The minimum absolute atomic E-state index is 0.495. The molecule has 13 heavy (non-hydrogen) atoms. The third-order valence-corrected chi connectivity index (χ3v) is 1.75. The Labute approximate surface area is 79.4 Å². The molecule has 1 aromatic heterocycles. The molecule has 0 unspecified atom stereocenters. The summed E-state index contributed by atoms with van der Waals surface area (Å²) in [5.41, 5.74) is 7.79. The summed E-state index contributed by atoms with van der Waals surface area (Å²) < 4.78 is 0. The van der Waals surface area contributed by atoms with Crippen molar-refractivity contribution in [3.63, 3.8) is 0 Å². The molecule has 0 aliphatic heterocycles. The molecule has 0 amide bonds. The molecule has 0 radical (unpaired) electrons. The summed E-state index contributed by atoms with van der Waals surface area (Å²) in [7, 11) is 0. The number of nitrogen functional groups attached to an aromatic ring is 1. The lowest BCUT2D eigenvalue weighted by molar-refractivity contribution is 0.588. The van der Waals surface area contributed by atoms with E-state index < -0.39 is 0 Å². The van der Waals surface area contributed by atoms with Crippen LogP contribution in [-0.4, -0.2) is 11.0 Å². The first-order valence-corrected chi connectivity index (χ1v) is 4.54. The third-order valence-electron chi connectivity index (χ3n) is 1.75. The molecule has 0 aliphatic rings. The first-order valence-electron chi connectivity index (χ1n) is 4.54. The molecule has 0 fully saturated rings. The van der Waals surface area contributed by atoms with E-state index in [0.29, 0.717) is 11.9 Å². The first kappa shape index (κ1) is 9.99. The van der Waals surface area contributed by atoms with Crippen LogP contribution < -0.4 is 11.1 Å². The fourth-order valence-corrected chi connectivity index (χ4v) is 1.19. The van der Waals surface area contributed by atoms with Crippen LogP contribution in [0.15, 0.2) is 12.1 Å². The highest BCUT2D eigenvalue weighted by Crippen LogP contribution is 2.06. The van der Waals surface area contributed by atoms with E-state index in [1.54, 1.807) is 0 Å². The van der Waals surface area contributed by atoms with Gasteiger partial charge in [0, 0.05) is 18.3 Å². The number of pyridine rings is 1. The number of rotatable bonds is 3. The number of anilines is 1. The van der Waals surface area contributed by atoms with Gasteiger partial charge in [-0.1, -0.05) is 13.8 Å². The molecule has 72 valence electrons. The van der Waals surface area contributed by atoms with Gasteiger partial charge in [0.1, 0.15) is 5.82 Å². The quantitative estimate of drug-likeness (QED) is 0.738. The van der Waals surface area contributed by atoms with Crippen molar-refractivity contribution in [1.82, 2.24) is 10.3 Å². The van der Waals surface area contributed by atoms with Gasteiger partial charge in [-0.3, -0.25) is 0 Å². The van der Waals surface area contributed by atoms with Crippen molar-refractivity contribution >= 4 is 5.82 Å². The number of hydrogen-bond donors (Lipinski definition) is 2. The van der Waals surface area contributed by atoms with Gasteiger partial charge in [-0.15, -0.1) is 0 Å². The average Bonchev–Trinajstić information content (AvgIpc) is 1.99. The lowest BCUT2D eigenvalue weighted by atomic mass is 10.2. The van der Waals surface area contributed by atoms with Gasteiger partial charge in [0.15, 0.2) is 0 Å². The van der Waals surface area contributed by atoms with Crippen molar-refractivity contribution in [3.05, 3.63) is 23.4 Å². The summed E-state index contributed by atoms with van der Waals surface area (Å²) in [6, 6.07) is 4.45. The summed E-state index contributed by atoms with van der Waals surface area (Å²) >= 11 is 0. The normalized spacial score (nSPS) is 10.8. The monoisotopic (exact) mass is 179 g/mol. The Morgan fingerprint density at radius 2 is 2.15 bits per heavy atom. The van der Waals surface area contributed by atoms with Crippen LogP contribution in [0, 0.1) is 6.92 Å². The van der Waals surface area contributed by atoms with Crippen molar-refractivity contribution in [3.8, 4) is 0 Å². The molecular weight excluding hydrogens is 162 g/mol. The third kappa shape index (κ3) is 3.42. The smallest absolute Gasteiger partial charge is 0.123 e. The Morgan fingerprint density at radius 1 is 1.46 bits per heavy atom. The highest BCUT2D eigenvalue weighted by Gasteiger charge is 1.98. The van der Waals surface area contributed by atoms with E-state index in [9.17, 15) is 0 Å². The van der Waals surface area contributed by atoms with E-state index in [-0.39, 0.29) is 0 Å². The maximum absolute atomic E-state index is 5.63. The fraction of sp³-hybridized carbons (Fsp3) is 0.500. The maximum atomic E-state index is 5.63. The average molecular weight is 179 g/mol. The molecule has 3 heteroatoms. The Hall–Kier alpha value is -1.09. The zero-order valence-electron chi connectivity index (χ0n) is 8.46. The molecule has 0 spiro atoms. The molecule has 1 heterocycles. The molecule has 0 aliphatic carbocycles. The minimum Gasteiger partial charge on any atom is -0.384 e. The standard InChI is InChI=1S/C10H17N3/c1-7(2)12-6-9-4-8(3)13-10(11)5-9/h4-5,7,12H,6H2,1-3H3,(H2,11,13). The van der Waals surface area contributed by atoms with Gasteiger partial charge in [-0.2, -0.15) is 0 Å². The second-order valence-electron chi connectivity index (χ2n) is 3.58. The highest BCUT2D eigenvalue weighted by molar-refractivity contribution is 5.34. The molecule has 3 N–H and O–H groups in total. The van der Waals surface area contributed by atoms with Crippen LogP contribution in [0.25, 0.3) is 0 Å². The zero-order valence-corrected chi connectivity index (χ0v) is 8.46. The molecule has 1 rings (SSSR count). The second-order valence-corrected chi connectivity index (χ2v) is 3.58. The van der Waals surface area contributed by atoms with Crippen LogP contribution >= 0.6 is 0 Å². The molecule has 0 atom stereocenters. The van der Waals surface area contributed by atoms with Gasteiger partial charge in [0.2, 0.25) is 0 Å². The summed E-state index contributed by atoms with van der Waals surface area (Å²) in [6.07, 6.45) is 0. The minimum atomic E-state index is 0.495. The van der Waals surface area contributed by atoms with Gasteiger partial charge in [0.25, 0.3) is 0 Å². The second kappa shape index (κ2) is 4.23. The molecule has 1 aromatic rings. The Morgan fingerprint density at radius 3 is 2.69 bits per heavy atom. The SMILES string of the molecule is Cc1cc(CNC(C)C)cc(N)n1. The number of nitrogens with one attached hydrogen (secondary N) is 1. The lowest BCUT2D eigenvalue weighted by Gasteiger charge is -2.08. The van der Waals surface area contributed by atoms with E-state index in [1.807, 2.05) is 19.1 Å². The fourth-order valence-electron chi connectivity index (χ4n) is 1.19. The van der Waals surface area contributed by atoms with Gasteiger partial charge < -0.3 is 11.1 Å².